The second kappa shape index (κ2) is 28.7. The molecule has 5 aromatic carbocycles. The molecular formula is C68H81N6O6+. The number of carbonyl (C=O) groups excluding carboxylic acids is 5. The third kappa shape index (κ3) is 15.6. The van der Waals surface area contributed by atoms with E-state index in [2.05, 4.69) is 58.4 Å². The molecule has 418 valence electrons. The van der Waals surface area contributed by atoms with Crippen molar-refractivity contribution in [3.8, 4) is 0 Å². The van der Waals surface area contributed by atoms with Gasteiger partial charge in [-0.15, -0.1) is 0 Å². The molecule has 2 unspecified atom stereocenters. The van der Waals surface area contributed by atoms with Gasteiger partial charge in [-0.25, -0.2) is 0 Å². The fourth-order valence-electron chi connectivity index (χ4n) is 10.0. The van der Waals surface area contributed by atoms with E-state index in [9.17, 15) is 29.1 Å². The third-order valence-electron chi connectivity index (χ3n) is 15.1. The molecular weight excluding hydrogens is 997 g/mol. The number of anilines is 4. The zero-order valence-corrected chi connectivity index (χ0v) is 48.1. The van der Waals surface area contributed by atoms with Crippen LogP contribution in [0, 0.1) is 39.5 Å². The number of amides is 4. The summed E-state index contributed by atoms with van der Waals surface area (Å²) in [7, 11) is 0. The molecule has 0 aromatic heterocycles. The molecule has 80 heavy (non-hydrogen) atoms. The van der Waals surface area contributed by atoms with Crippen molar-refractivity contribution >= 4 is 74.8 Å². The van der Waals surface area contributed by atoms with Crippen LogP contribution in [-0.4, -0.2) is 53.3 Å². The standard InChI is InChI=1S/C68H80N6O6/c1-9-13-15-49(11-3)43-69-61(75)37-39-63(77)71-59-41-55(73(51-25-17-45(5)18-26-51)52-27-19-46(6)20-28-52)33-35-57(59)65-67(79)66(68(65)80)58-36-34-56(74(53-29-21-47(7)22-30-53)54-31-23-48(8)24-32-54)42-60(58)72-64(78)40-38-62(76)70-44-50(12-4)16-14-10-2/h17-36,41-42,49-50H,9-16,37-40,43-44H2,1-8H3,(H4,69,70,71,72,75,76,77,78,79,80)/p+1. The fraction of sp³-hybridized carbons (Fsp3) is 0.353. The van der Waals surface area contributed by atoms with E-state index in [1.807, 2.05) is 137 Å². The minimum atomic E-state index is -0.502. The maximum absolute atomic E-state index is 15.0. The van der Waals surface area contributed by atoms with Crippen LogP contribution in [0.5, 0.6) is 0 Å². The molecule has 5 N–H and O–H groups in total. The van der Waals surface area contributed by atoms with Gasteiger partial charge in [-0.05, 0) is 101 Å². The number of aliphatic hydroxyl groups excluding tert-OH is 1. The summed E-state index contributed by atoms with van der Waals surface area (Å²) in [6.07, 6.45) is 13.3. The van der Waals surface area contributed by atoms with Crippen LogP contribution in [0.4, 0.5) is 34.1 Å². The van der Waals surface area contributed by atoms with Gasteiger partial charge in [0.1, 0.15) is 5.76 Å². The summed E-state index contributed by atoms with van der Waals surface area (Å²) in [5, 5.41) is 24.4. The monoisotopic (exact) mass is 1080 g/mol. The van der Waals surface area contributed by atoms with Crippen LogP contribution >= 0.6 is 0 Å². The smallest absolute Gasteiger partial charge is 0.224 e. The Balaban J connectivity index is 1.28. The first kappa shape index (κ1) is 59.5. The van der Waals surface area contributed by atoms with Gasteiger partial charge in [0.15, 0.2) is 0 Å². The highest BCUT2D eigenvalue weighted by molar-refractivity contribution is 6.40. The number of hydrogen-bond donors (Lipinski definition) is 5. The molecule has 12 heteroatoms. The van der Waals surface area contributed by atoms with E-state index in [-0.39, 0.29) is 76.9 Å². The van der Waals surface area contributed by atoms with E-state index >= 15 is 0 Å². The Bertz CT molecular complexity index is 3090. The molecule has 0 radical (unpaired) electrons. The summed E-state index contributed by atoms with van der Waals surface area (Å²) in [5.41, 5.74) is 10.2. The lowest BCUT2D eigenvalue weighted by Gasteiger charge is -2.29. The van der Waals surface area contributed by atoms with E-state index in [1.54, 1.807) is 24.3 Å². The van der Waals surface area contributed by atoms with Gasteiger partial charge in [-0.2, -0.15) is 4.58 Å². The lowest BCUT2D eigenvalue weighted by Crippen LogP contribution is -2.33. The first-order valence-electron chi connectivity index (χ1n) is 28.7. The molecule has 0 spiro atoms. The molecule has 2 aliphatic carbocycles. The lowest BCUT2D eigenvalue weighted by molar-refractivity contribution is -0.126. The minimum absolute atomic E-state index is 0.0159. The van der Waals surface area contributed by atoms with E-state index < -0.39 is 17.6 Å². The second-order valence-electron chi connectivity index (χ2n) is 21.4. The Hall–Kier alpha value is -8.12. The van der Waals surface area contributed by atoms with E-state index in [1.165, 1.54) is 0 Å². The maximum atomic E-state index is 15.0. The number of allylic oxidation sites excluding steroid dienone is 5. The topological polar surface area (TPSA) is 160 Å². The number of aliphatic hydroxyl groups is 1. The Morgan fingerprint density at radius 2 is 0.975 bits per heavy atom. The van der Waals surface area contributed by atoms with Crippen LogP contribution in [0.3, 0.4) is 0 Å². The van der Waals surface area contributed by atoms with Crippen molar-refractivity contribution in [1.29, 1.82) is 0 Å². The van der Waals surface area contributed by atoms with Crippen LogP contribution in [0.1, 0.15) is 133 Å². The highest BCUT2D eigenvalue weighted by atomic mass is 16.3. The second-order valence-corrected chi connectivity index (χ2v) is 21.4. The van der Waals surface area contributed by atoms with Gasteiger partial charge < -0.3 is 31.3 Å². The molecule has 0 aliphatic heterocycles. The van der Waals surface area contributed by atoms with Crippen molar-refractivity contribution in [2.75, 3.05) is 23.3 Å². The molecule has 7 rings (SSSR count). The molecule has 0 fully saturated rings. The van der Waals surface area contributed by atoms with Crippen molar-refractivity contribution in [2.45, 2.75) is 132 Å². The molecule has 0 heterocycles. The number of nitrogens with zero attached hydrogens (tertiary/aromatic N) is 2. The predicted octanol–water partition coefficient (Wildman–Crippen LogP) is 14.2. The van der Waals surface area contributed by atoms with E-state index in [0.29, 0.717) is 36.3 Å². The lowest BCUT2D eigenvalue weighted by atomic mass is 9.78. The highest BCUT2D eigenvalue weighted by Gasteiger charge is 2.40. The van der Waals surface area contributed by atoms with Crippen molar-refractivity contribution in [3.63, 3.8) is 0 Å². The van der Waals surface area contributed by atoms with E-state index in [4.69, 9.17) is 0 Å². The normalized spacial score (nSPS) is 14.7. The molecule has 0 saturated carbocycles. The first-order chi connectivity index (χ1) is 38.6. The minimum Gasteiger partial charge on any atom is -0.506 e. The van der Waals surface area contributed by atoms with Crippen molar-refractivity contribution in [1.82, 2.24) is 20.5 Å². The molecule has 0 saturated heterocycles. The number of nitrogens with one attached hydrogen (secondary N) is 4. The number of ketones is 1. The fourth-order valence-corrected chi connectivity index (χ4v) is 10.0. The number of rotatable bonds is 26. The average molecular weight is 1080 g/mol. The maximum Gasteiger partial charge on any atom is 0.224 e. The molecule has 0 bridgehead atoms. The Morgan fingerprint density at radius 1 is 0.537 bits per heavy atom. The molecule has 4 amide bonds. The van der Waals surface area contributed by atoms with Gasteiger partial charge in [-0.1, -0.05) is 137 Å². The molecule has 5 aromatic rings. The first-order valence-corrected chi connectivity index (χ1v) is 28.7. The Kier molecular flexibility index (Phi) is 21.3. The summed E-state index contributed by atoms with van der Waals surface area (Å²) in [5.74, 6) is -1.41. The summed E-state index contributed by atoms with van der Waals surface area (Å²) >= 11 is 0. The summed E-state index contributed by atoms with van der Waals surface area (Å²) in [6, 6.07) is 37.7. The van der Waals surface area contributed by atoms with Gasteiger partial charge in [0.2, 0.25) is 46.5 Å². The quantitative estimate of drug-likeness (QED) is 0.0272. The zero-order chi connectivity index (χ0) is 57.3. The van der Waals surface area contributed by atoms with Gasteiger partial charge in [0, 0.05) is 103 Å². The van der Waals surface area contributed by atoms with Crippen LogP contribution in [0.15, 0.2) is 156 Å². The summed E-state index contributed by atoms with van der Waals surface area (Å²) in [4.78, 5) is 71.3. The van der Waals surface area contributed by atoms with Crippen LogP contribution < -0.4 is 30.7 Å². The third-order valence-corrected chi connectivity index (χ3v) is 15.1. The van der Waals surface area contributed by atoms with Crippen molar-refractivity contribution in [2.24, 2.45) is 11.8 Å². The largest absolute Gasteiger partial charge is 0.506 e. The molecule has 2 aliphatic rings. The summed E-state index contributed by atoms with van der Waals surface area (Å²) < 4.78 is 2.05. The van der Waals surface area contributed by atoms with E-state index in [0.717, 1.165) is 96.4 Å². The number of aryl methyl sites for hydroxylation is 4. The van der Waals surface area contributed by atoms with Crippen molar-refractivity contribution < 1.29 is 29.1 Å². The van der Waals surface area contributed by atoms with Gasteiger partial charge in [-0.3, -0.25) is 24.0 Å². The van der Waals surface area contributed by atoms with Crippen LogP contribution in [0.25, 0.3) is 5.57 Å². The number of benzene rings is 5. The predicted molar refractivity (Wildman–Crippen MR) is 326 cm³/mol. The van der Waals surface area contributed by atoms with Crippen molar-refractivity contribution in [3.05, 3.63) is 184 Å². The highest BCUT2D eigenvalue weighted by Crippen LogP contribution is 2.45. The van der Waals surface area contributed by atoms with Gasteiger partial charge in [0.05, 0.1) is 22.5 Å². The zero-order valence-electron chi connectivity index (χ0n) is 48.1. The van der Waals surface area contributed by atoms with Gasteiger partial charge in [0.25, 0.3) is 0 Å². The Morgan fingerprint density at radius 3 is 1.43 bits per heavy atom. The SMILES string of the molecule is CCCCC(CC)CNC(=O)CCC(=O)NC1=CC(=[N+](c2ccc(C)cc2)c2ccc(C)cc2)C=CC1=C1C(=O)C(c2ccc(N(c3ccc(C)cc3)c3ccc(C)cc3)cc2NC(=O)CCC(=O)NCC(CC)CCCC)=C1O. The van der Waals surface area contributed by atoms with Crippen LogP contribution in [0.2, 0.25) is 0 Å². The number of Topliss-reactive ketones (excluding diaryl/α,β-unsaturated/α-hetero) is 1. The Labute approximate surface area is 473 Å². The molecule has 2 atom stereocenters. The number of carbonyl (C=O) groups is 5. The van der Waals surface area contributed by atoms with Gasteiger partial charge >= 0.3 is 0 Å². The average Bonchev–Trinajstić information content (AvgIpc) is 3.56. The van der Waals surface area contributed by atoms with Crippen LogP contribution in [-0.2, 0) is 24.0 Å². The number of hydrogen-bond acceptors (Lipinski definition) is 7. The number of unbranched alkanes of at least 4 members (excludes halogenated alkanes) is 2. The summed E-state index contributed by atoms with van der Waals surface area (Å²) in [6.45, 7) is 17.7. The molecule has 12 nitrogen and oxygen atoms in total.